The molecule has 0 aromatic carbocycles. The first-order chi connectivity index (χ1) is 11.3. The molecule has 0 aliphatic carbocycles. The number of thiazole rings is 1. The van der Waals surface area contributed by atoms with Crippen molar-refractivity contribution in [1.29, 1.82) is 0 Å². The highest BCUT2D eigenvalue weighted by Gasteiger charge is 2.25. The van der Waals surface area contributed by atoms with Crippen LogP contribution in [-0.4, -0.2) is 46.9 Å². The van der Waals surface area contributed by atoms with Crippen LogP contribution >= 0.6 is 11.3 Å². The van der Waals surface area contributed by atoms with Crippen molar-refractivity contribution in [2.75, 3.05) is 26.2 Å². The summed E-state index contributed by atoms with van der Waals surface area (Å²) in [4.78, 5) is 22.8. The van der Waals surface area contributed by atoms with Gasteiger partial charge in [-0.05, 0) is 25.3 Å². The highest BCUT2D eigenvalue weighted by atomic mass is 32.1. The first-order valence-electron chi connectivity index (χ1n) is 8.31. The lowest BCUT2D eigenvalue weighted by Gasteiger charge is -2.18. The zero-order valence-corrected chi connectivity index (χ0v) is 14.0. The molecule has 0 saturated carbocycles. The second-order valence-electron chi connectivity index (χ2n) is 6.30. The minimum atomic E-state index is 0.135. The standard InChI is InChI=1S/C17H21N3O2S/c21-17(20-6-1-2-7-20)16-18-14-3-8-19(9-4-15(14)23-16)11-13-5-10-22-12-13/h5,10,12H,1-4,6-9,11H2. The van der Waals surface area contributed by atoms with Crippen LogP contribution in [0.25, 0.3) is 0 Å². The maximum Gasteiger partial charge on any atom is 0.282 e. The summed E-state index contributed by atoms with van der Waals surface area (Å²) in [6, 6.07) is 2.02. The van der Waals surface area contributed by atoms with Crippen LogP contribution in [0.1, 0.15) is 38.8 Å². The highest BCUT2D eigenvalue weighted by Crippen LogP contribution is 2.25. The predicted molar refractivity (Wildman–Crippen MR) is 88.6 cm³/mol. The first-order valence-corrected chi connectivity index (χ1v) is 9.12. The highest BCUT2D eigenvalue weighted by molar-refractivity contribution is 7.13. The Kier molecular flexibility index (Phi) is 4.18. The molecule has 1 amide bonds. The van der Waals surface area contributed by atoms with Crippen molar-refractivity contribution in [2.24, 2.45) is 0 Å². The Bertz CT molecular complexity index is 649. The zero-order valence-electron chi connectivity index (χ0n) is 13.2. The second-order valence-corrected chi connectivity index (χ2v) is 7.38. The van der Waals surface area contributed by atoms with Crippen molar-refractivity contribution in [1.82, 2.24) is 14.8 Å². The summed E-state index contributed by atoms with van der Waals surface area (Å²) in [7, 11) is 0. The third-order valence-electron chi connectivity index (χ3n) is 4.66. The van der Waals surface area contributed by atoms with Crippen molar-refractivity contribution in [2.45, 2.75) is 32.2 Å². The van der Waals surface area contributed by atoms with Crippen LogP contribution in [0.3, 0.4) is 0 Å². The Hall–Kier alpha value is -1.66. The summed E-state index contributed by atoms with van der Waals surface area (Å²) in [6.45, 7) is 4.70. The fourth-order valence-corrected chi connectivity index (χ4v) is 4.42. The van der Waals surface area contributed by atoms with Gasteiger partial charge in [-0.25, -0.2) is 4.98 Å². The van der Waals surface area contributed by atoms with Crippen LogP contribution < -0.4 is 0 Å². The van der Waals surface area contributed by atoms with Gasteiger partial charge in [-0.15, -0.1) is 11.3 Å². The van der Waals surface area contributed by atoms with E-state index >= 15 is 0 Å². The average Bonchev–Trinajstić information content (AvgIpc) is 3.29. The number of fused-ring (bicyclic) bond motifs is 1. The van der Waals surface area contributed by atoms with Gasteiger partial charge in [-0.1, -0.05) is 0 Å². The average molecular weight is 331 g/mol. The number of furan rings is 1. The minimum absolute atomic E-state index is 0.135. The molecular formula is C17H21N3O2S. The van der Waals surface area contributed by atoms with E-state index in [-0.39, 0.29) is 5.91 Å². The Morgan fingerprint density at radius 1 is 1.22 bits per heavy atom. The molecule has 0 radical (unpaired) electrons. The summed E-state index contributed by atoms with van der Waals surface area (Å²) in [5.74, 6) is 0.135. The third kappa shape index (κ3) is 3.19. The van der Waals surface area contributed by atoms with E-state index in [0.29, 0.717) is 5.01 Å². The minimum Gasteiger partial charge on any atom is -0.472 e. The molecule has 2 aromatic rings. The molecule has 0 N–H and O–H groups in total. The quantitative estimate of drug-likeness (QED) is 0.867. The topological polar surface area (TPSA) is 49.6 Å². The van der Waals surface area contributed by atoms with Crippen LogP contribution in [0.15, 0.2) is 23.0 Å². The van der Waals surface area contributed by atoms with Gasteiger partial charge in [0.2, 0.25) is 0 Å². The van der Waals surface area contributed by atoms with Gasteiger partial charge < -0.3 is 9.32 Å². The molecule has 1 fully saturated rings. The van der Waals surface area contributed by atoms with E-state index in [2.05, 4.69) is 9.88 Å². The summed E-state index contributed by atoms with van der Waals surface area (Å²) in [6.07, 6.45) is 7.70. The maximum atomic E-state index is 12.5. The largest absolute Gasteiger partial charge is 0.472 e. The summed E-state index contributed by atoms with van der Waals surface area (Å²) in [5, 5.41) is 0.695. The molecule has 2 aliphatic rings. The fourth-order valence-electron chi connectivity index (χ4n) is 3.36. The number of rotatable bonds is 3. The molecule has 0 spiro atoms. The van der Waals surface area contributed by atoms with Crippen molar-refractivity contribution in [3.8, 4) is 0 Å². The molecule has 0 atom stereocenters. The van der Waals surface area contributed by atoms with Crippen molar-refractivity contribution < 1.29 is 9.21 Å². The van der Waals surface area contributed by atoms with Crippen molar-refractivity contribution in [3.63, 3.8) is 0 Å². The number of carbonyl (C=O) groups excluding carboxylic acids is 1. The number of hydrogen-bond acceptors (Lipinski definition) is 5. The van der Waals surface area contributed by atoms with Gasteiger partial charge in [0.1, 0.15) is 0 Å². The predicted octanol–water partition coefficient (Wildman–Crippen LogP) is 2.57. The lowest BCUT2D eigenvalue weighted by molar-refractivity contribution is 0.0792. The number of hydrogen-bond donors (Lipinski definition) is 0. The van der Waals surface area contributed by atoms with Gasteiger partial charge >= 0.3 is 0 Å². The summed E-state index contributed by atoms with van der Waals surface area (Å²) in [5.41, 5.74) is 2.35. The molecule has 4 heterocycles. The zero-order chi connectivity index (χ0) is 15.6. The Morgan fingerprint density at radius 3 is 2.83 bits per heavy atom. The van der Waals surface area contributed by atoms with Gasteiger partial charge in [0, 0.05) is 49.6 Å². The van der Waals surface area contributed by atoms with E-state index in [9.17, 15) is 4.79 Å². The number of aromatic nitrogens is 1. The normalized spacial score (nSPS) is 18.9. The molecule has 23 heavy (non-hydrogen) atoms. The maximum absolute atomic E-state index is 12.5. The van der Waals surface area contributed by atoms with Crippen LogP contribution in [0.5, 0.6) is 0 Å². The van der Waals surface area contributed by atoms with Crippen LogP contribution in [-0.2, 0) is 19.4 Å². The van der Waals surface area contributed by atoms with Gasteiger partial charge in [0.05, 0.1) is 18.2 Å². The number of nitrogens with zero attached hydrogens (tertiary/aromatic N) is 3. The van der Waals surface area contributed by atoms with Crippen LogP contribution in [0, 0.1) is 0 Å². The molecule has 0 bridgehead atoms. The second kappa shape index (κ2) is 6.45. The molecule has 0 unspecified atom stereocenters. The number of amides is 1. The van der Waals surface area contributed by atoms with Gasteiger partial charge in [0.25, 0.3) is 5.91 Å². The van der Waals surface area contributed by atoms with E-state index < -0.39 is 0 Å². The lowest BCUT2D eigenvalue weighted by Crippen LogP contribution is -2.28. The lowest BCUT2D eigenvalue weighted by atomic mass is 10.2. The van der Waals surface area contributed by atoms with Gasteiger partial charge in [0.15, 0.2) is 5.01 Å². The third-order valence-corrected chi connectivity index (χ3v) is 5.81. The van der Waals surface area contributed by atoms with E-state index in [1.807, 2.05) is 17.2 Å². The number of likely N-dealkylation sites (tertiary alicyclic amines) is 1. The van der Waals surface area contributed by atoms with E-state index in [1.54, 1.807) is 17.6 Å². The molecule has 2 aliphatic heterocycles. The Labute approximate surface area is 139 Å². The molecule has 4 rings (SSSR count). The molecule has 5 nitrogen and oxygen atoms in total. The SMILES string of the molecule is O=C(c1nc2c(s1)CCN(Cc1ccoc1)CC2)N1CCCC1. The molecule has 6 heteroatoms. The first kappa shape index (κ1) is 14.9. The van der Waals surface area contributed by atoms with E-state index in [1.165, 1.54) is 10.4 Å². The molecule has 2 aromatic heterocycles. The number of carbonyl (C=O) groups is 1. The van der Waals surface area contributed by atoms with Crippen LogP contribution in [0.4, 0.5) is 0 Å². The fraction of sp³-hybridized carbons (Fsp3) is 0.529. The van der Waals surface area contributed by atoms with E-state index in [0.717, 1.165) is 64.1 Å². The summed E-state index contributed by atoms with van der Waals surface area (Å²) >= 11 is 1.61. The molecular weight excluding hydrogens is 310 g/mol. The summed E-state index contributed by atoms with van der Waals surface area (Å²) < 4.78 is 5.15. The smallest absolute Gasteiger partial charge is 0.282 e. The van der Waals surface area contributed by atoms with Gasteiger partial charge in [-0.3, -0.25) is 9.69 Å². The van der Waals surface area contributed by atoms with E-state index in [4.69, 9.17) is 4.42 Å². The van der Waals surface area contributed by atoms with Crippen LogP contribution in [0.2, 0.25) is 0 Å². The van der Waals surface area contributed by atoms with Crippen molar-refractivity contribution in [3.05, 3.63) is 39.7 Å². The molecule has 122 valence electrons. The Balaban J connectivity index is 1.42. The molecule has 1 saturated heterocycles. The monoisotopic (exact) mass is 331 g/mol. The van der Waals surface area contributed by atoms with Crippen molar-refractivity contribution >= 4 is 17.2 Å². The van der Waals surface area contributed by atoms with Gasteiger partial charge in [-0.2, -0.15) is 0 Å². The Morgan fingerprint density at radius 2 is 2.04 bits per heavy atom.